The first kappa shape index (κ1) is 11.8. The van der Waals surface area contributed by atoms with E-state index in [0.717, 1.165) is 0 Å². The summed E-state index contributed by atoms with van der Waals surface area (Å²) in [5, 5.41) is 13.6. The van der Waals surface area contributed by atoms with Crippen LogP contribution in [0.15, 0.2) is 17.5 Å². The first-order chi connectivity index (χ1) is 9.06. The van der Waals surface area contributed by atoms with Gasteiger partial charge in [-0.1, -0.05) is 0 Å². The molecule has 0 aromatic carbocycles. The number of carboxylic acids is 1. The molecule has 1 aliphatic heterocycles. The van der Waals surface area contributed by atoms with Gasteiger partial charge in [-0.25, -0.2) is 14.8 Å². The average Bonchev–Trinajstić information content (AvgIpc) is 2.96. The minimum atomic E-state index is -1.06. The molecule has 0 bridgehead atoms. The van der Waals surface area contributed by atoms with Gasteiger partial charge in [-0.05, 0) is 19.1 Å². The van der Waals surface area contributed by atoms with Gasteiger partial charge in [0.1, 0.15) is 5.01 Å². The molecule has 1 aliphatic rings. The number of nitrogens with one attached hydrogen (secondary N) is 1. The second-order valence-electron chi connectivity index (χ2n) is 4.17. The molecule has 0 radical (unpaired) electrons. The molecule has 0 unspecified atom stereocenters. The van der Waals surface area contributed by atoms with E-state index in [1.807, 2.05) is 6.92 Å². The summed E-state index contributed by atoms with van der Waals surface area (Å²) >= 11 is 1.22. The highest BCUT2D eigenvalue weighted by molar-refractivity contribution is 7.13. The fourth-order valence-electron chi connectivity index (χ4n) is 1.95. The van der Waals surface area contributed by atoms with Gasteiger partial charge in [-0.3, -0.25) is 4.79 Å². The van der Waals surface area contributed by atoms with E-state index in [1.165, 1.54) is 16.7 Å². The summed E-state index contributed by atoms with van der Waals surface area (Å²) in [6.07, 6.45) is 0. The number of nitrogens with zero attached hydrogens (tertiary/aromatic N) is 2. The van der Waals surface area contributed by atoms with E-state index >= 15 is 0 Å². The fraction of sp³-hybridized carbons (Fsp3) is 0.167. The molecule has 0 saturated heterocycles. The summed E-state index contributed by atoms with van der Waals surface area (Å²) in [5.41, 5.74) is 1.82. The highest BCUT2D eigenvalue weighted by Gasteiger charge is 2.27. The Morgan fingerprint density at radius 3 is 2.89 bits per heavy atom. The van der Waals surface area contributed by atoms with Gasteiger partial charge >= 0.3 is 5.97 Å². The molecule has 1 atom stereocenters. The van der Waals surface area contributed by atoms with E-state index in [2.05, 4.69) is 15.3 Å². The number of carboxylic acid groups (broad SMARTS) is 1. The van der Waals surface area contributed by atoms with Crippen LogP contribution in [0.4, 0.5) is 0 Å². The van der Waals surface area contributed by atoms with Gasteiger partial charge < -0.3 is 10.4 Å². The number of hydrogen-bond donors (Lipinski definition) is 2. The minimum absolute atomic E-state index is 0.00421. The van der Waals surface area contributed by atoms with Gasteiger partial charge in [0, 0.05) is 5.38 Å². The second kappa shape index (κ2) is 4.13. The van der Waals surface area contributed by atoms with E-state index in [1.54, 1.807) is 12.1 Å². The predicted molar refractivity (Wildman–Crippen MR) is 68.2 cm³/mol. The van der Waals surface area contributed by atoms with Crippen LogP contribution in [-0.4, -0.2) is 27.0 Å². The monoisotopic (exact) mass is 275 g/mol. The number of aromatic carboxylic acids is 1. The number of pyridine rings is 1. The topological polar surface area (TPSA) is 92.2 Å². The number of aromatic nitrogens is 2. The quantitative estimate of drug-likeness (QED) is 0.870. The molecule has 2 aromatic rings. The lowest BCUT2D eigenvalue weighted by Gasteiger charge is -2.03. The number of hydrogen-bond acceptors (Lipinski definition) is 5. The molecular formula is C12H9N3O3S. The van der Waals surface area contributed by atoms with Crippen LogP contribution in [-0.2, 0) is 0 Å². The lowest BCUT2D eigenvalue weighted by atomic mass is 10.1. The van der Waals surface area contributed by atoms with Crippen molar-refractivity contribution >= 4 is 23.2 Å². The molecule has 0 aliphatic carbocycles. The first-order valence-corrected chi connectivity index (χ1v) is 6.45. The number of carbonyl (C=O) groups excluding carboxylic acids is 1. The summed E-state index contributed by atoms with van der Waals surface area (Å²) in [6, 6.07) is 3.24. The van der Waals surface area contributed by atoms with E-state index in [-0.39, 0.29) is 17.6 Å². The van der Waals surface area contributed by atoms with E-state index in [4.69, 9.17) is 5.11 Å². The summed E-state index contributed by atoms with van der Waals surface area (Å²) < 4.78 is 0. The lowest BCUT2D eigenvalue weighted by Crippen LogP contribution is -2.16. The van der Waals surface area contributed by atoms with Crippen molar-refractivity contribution in [3.05, 3.63) is 34.5 Å². The first-order valence-electron chi connectivity index (χ1n) is 5.57. The van der Waals surface area contributed by atoms with E-state index in [9.17, 15) is 9.59 Å². The molecule has 0 fully saturated rings. The summed E-state index contributed by atoms with van der Waals surface area (Å²) in [5.74, 6) is -1.19. The van der Waals surface area contributed by atoms with Crippen molar-refractivity contribution in [2.24, 2.45) is 0 Å². The maximum Gasteiger partial charge on any atom is 0.355 e. The van der Waals surface area contributed by atoms with Crippen LogP contribution in [0.2, 0.25) is 0 Å². The van der Waals surface area contributed by atoms with Crippen molar-refractivity contribution in [1.82, 2.24) is 15.3 Å². The van der Waals surface area contributed by atoms with E-state index < -0.39 is 5.97 Å². The Morgan fingerprint density at radius 1 is 1.42 bits per heavy atom. The Labute approximate surface area is 112 Å². The van der Waals surface area contributed by atoms with Gasteiger partial charge in [0.15, 0.2) is 5.69 Å². The molecule has 1 amide bonds. The lowest BCUT2D eigenvalue weighted by molar-refractivity contribution is 0.0691. The minimum Gasteiger partial charge on any atom is -0.476 e. The molecule has 2 N–H and O–H groups in total. The predicted octanol–water partition coefficient (Wildman–Crippen LogP) is 1.71. The Balaban J connectivity index is 2.05. The van der Waals surface area contributed by atoms with Crippen molar-refractivity contribution in [2.75, 3.05) is 0 Å². The number of fused-ring (bicyclic) bond motifs is 1. The fourth-order valence-corrected chi connectivity index (χ4v) is 2.71. The molecule has 96 valence electrons. The Bertz CT molecular complexity index is 695. The zero-order valence-electron chi connectivity index (χ0n) is 9.88. The highest BCUT2D eigenvalue weighted by Crippen LogP contribution is 2.28. The van der Waals surface area contributed by atoms with Crippen molar-refractivity contribution < 1.29 is 14.7 Å². The summed E-state index contributed by atoms with van der Waals surface area (Å²) in [4.78, 5) is 30.8. The van der Waals surface area contributed by atoms with Crippen LogP contribution in [0.25, 0.3) is 10.7 Å². The third-order valence-corrected chi connectivity index (χ3v) is 3.73. The molecule has 3 rings (SSSR count). The van der Waals surface area contributed by atoms with Gasteiger partial charge in [0.2, 0.25) is 0 Å². The number of amides is 1. The molecular weight excluding hydrogens is 266 g/mol. The Hall–Kier alpha value is -2.28. The highest BCUT2D eigenvalue weighted by atomic mass is 32.1. The van der Waals surface area contributed by atoms with Crippen molar-refractivity contribution in [3.8, 4) is 10.7 Å². The van der Waals surface area contributed by atoms with Gasteiger partial charge in [-0.2, -0.15) is 0 Å². The Morgan fingerprint density at radius 2 is 2.21 bits per heavy atom. The number of rotatable bonds is 2. The Kier molecular flexibility index (Phi) is 2.56. The molecule has 7 heteroatoms. The zero-order chi connectivity index (χ0) is 13.6. The van der Waals surface area contributed by atoms with Gasteiger partial charge in [0.25, 0.3) is 5.91 Å². The largest absolute Gasteiger partial charge is 0.476 e. The molecule has 0 saturated carbocycles. The zero-order valence-corrected chi connectivity index (χ0v) is 10.7. The van der Waals surface area contributed by atoms with Crippen LogP contribution < -0.4 is 5.32 Å². The van der Waals surface area contributed by atoms with Crippen LogP contribution >= 0.6 is 11.3 Å². The van der Waals surface area contributed by atoms with Crippen LogP contribution in [0.1, 0.15) is 39.5 Å². The van der Waals surface area contributed by atoms with E-state index in [0.29, 0.717) is 22.0 Å². The normalized spacial score (nSPS) is 17.1. The van der Waals surface area contributed by atoms with Crippen LogP contribution in [0, 0.1) is 0 Å². The molecule has 6 nitrogen and oxygen atoms in total. The van der Waals surface area contributed by atoms with Crippen molar-refractivity contribution in [1.29, 1.82) is 0 Å². The SMILES string of the molecule is C[C@@H]1NC(=O)c2ccc(-c3nc(C(=O)O)cs3)nc21. The van der Waals surface area contributed by atoms with Crippen LogP contribution in [0.5, 0.6) is 0 Å². The van der Waals surface area contributed by atoms with Gasteiger partial charge in [-0.15, -0.1) is 11.3 Å². The maximum atomic E-state index is 11.6. The third-order valence-electron chi connectivity index (χ3n) is 2.87. The summed E-state index contributed by atoms with van der Waals surface area (Å²) in [7, 11) is 0. The second-order valence-corrected chi connectivity index (χ2v) is 5.03. The van der Waals surface area contributed by atoms with Crippen molar-refractivity contribution in [2.45, 2.75) is 13.0 Å². The molecule has 2 aromatic heterocycles. The smallest absolute Gasteiger partial charge is 0.355 e. The van der Waals surface area contributed by atoms with Crippen molar-refractivity contribution in [3.63, 3.8) is 0 Å². The van der Waals surface area contributed by atoms with Gasteiger partial charge in [0.05, 0.1) is 23.0 Å². The molecule has 0 spiro atoms. The van der Waals surface area contributed by atoms with Crippen LogP contribution in [0.3, 0.4) is 0 Å². The standard InChI is InChI=1S/C12H9N3O3S/c1-5-9-6(10(16)13-5)2-3-7(14-9)11-15-8(4-19-11)12(17)18/h2-5H,1H3,(H,13,16)(H,17,18)/t5-/m0/s1. The summed E-state index contributed by atoms with van der Waals surface area (Å²) in [6.45, 7) is 1.85. The number of thiazole rings is 1. The average molecular weight is 275 g/mol. The molecule has 19 heavy (non-hydrogen) atoms. The maximum absolute atomic E-state index is 11.6. The molecule has 3 heterocycles. The third kappa shape index (κ3) is 1.88. The number of carbonyl (C=O) groups is 2.